The molecule has 10 heteroatoms. The van der Waals surface area contributed by atoms with Crippen LogP contribution in [0.15, 0.2) is 36.4 Å². The van der Waals surface area contributed by atoms with Crippen molar-refractivity contribution in [3.05, 3.63) is 53.1 Å². The second-order valence-electron chi connectivity index (χ2n) is 10.4. The minimum Gasteiger partial charge on any atom is -0.493 e. The molecule has 2 aliphatic heterocycles. The average molecular weight is 527 g/mol. The third-order valence-corrected chi connectivity index (χ3v) is 8.23. The molecule has 1 N–H and O–H groups in total. The number of methoxy groups -OCH3 is 1. The van der Waals surface area contributed by atoms with E-state index in [1.807, 2.05) is 6.07 Å². The minimum atomic E-state index is -1.37. The van der Waals surface area contributed by atoms with Gasteiger partial charge in [-0.2, -0.15) is 0 Å². The maximum absolute atomic E-state index is 14.0. The minimum absolute atomic E-state index is 0.0411. The van der Waals surface area contributed by atoms with Crippen LogP contribution in [0, 0.1) is 0 Å². The van der Waals surface area contributed by atoms with Gasteiger partial charge in [0.1, 0.15) is 6.73 Å². The fourth-order valence-corrected chi connectivity index (χ4v) is 5.20. The van der Waals surface area contributed by atoms with Gasteiger partial charge in [0.15, 0.2) is 23.3 Å². The van der Waals surface area contributed by atoms with Crippen LogP contribution in [0.25, 0.3) is 0 Å². The number of aliphatic hydroxyl groups is 1. The van der Waals surface area contributed by atoms with Gasteiger partial charge in [-0.05, 0) is 17.7 Å². The largest absolute Gasteiger partial charge is 0.493 e. The number of ketones is 1. The van der Waals surface area contributed by atoms with Crippen LogP contribution < -0.4 is 14.4 Å². The summed E-state index contributed by atoms with van der Waals surface area (Å²) in [5.41, 5.74) is 1.67. The fraction of sp³-hybridized carbons (Fsp3) is 0.444. The van der Waals surface area contributed by atoms with Crippen LogP contribution >= 0.6 is 0 Å². The first kappa shape index (κ1) is 26.8. The lowest BCUT2D eigenvalue weighted by atomic mass is 9.92. The molecular weight excluding hydrogens is 492 g/mol. The quantitative estimate of drug-likeness (QED) is 0.288. The van der Waals surface area contributed by atoms with Gasteiger partial charge in [-0.1, -0.05) is 43.9 Å². The molecule has 37 heavy (non-hydrogen) atoms. The number of carbonyl (C=O) groups excluding carboxylic acids is 3. The Balaban J connectivity index is 1.78. The molecule has 0 bridgehead atoms. The maximum atomic E-state index is 14.0. The van der Waals surface area contributed by atoms with Crippen molar-refractivity contribution in [2.24, 2.45) is 0 Å². The summed E-state index contributed by atoms with van der Waals surface area (Å²) < 4.78 is 17.2. The standard InChI is InChI=1S/C27H34N2O7Si/c1-34-22-14-20-21(15-23(22)36-11-7-10-30)29(17-35-12-13-37(2,3)4)27(33)24-25(31)19-9-6-5-8-18(19)16-28(24)26(20)32/h5-6,8-9,14-15,24,30H,7,10-13,16-17H2,1-4H3. The van der Waals surface area contributed by atoms with Crippen LogP contribution in [0.4, 0.5) is 5.69 Å². The number of aliphatic hydroxyl groups excluding tert-OH is 1. The lowest BCUT2D eigenvalue weighted by molar-refractivity contribution is -0.122. The third kappa shape index (κ3) is 5.56. The fourth-order valence-electron chi connectivity index (χ4n) is 4.45. The predicted octanol–water partition coefficient (Wildman–Crippen LogP) is 3.32. The van der Waals surface area contributed by atoms with E-state index in [4.69, 9.17) is 19.3 Å². The lowest BCUT2D eigenvalue weighted by Gasteiger charge is -2.34. The highest BCUT2D eigenvalue weighted by Gasteiger charge is 2.47. The van der Waals surface area contributed by atoms with Crippen LogP contribution in [-0.4, -0.2) is 75.4 Å². The van der Waals surface area contributed by atoms with Gasteiger partial charge in [0, 0.05) is 45.9 Å². The first-order valence-electron chi connectivity index (χ1n) is 12.4. The van der Waals surface area contributed by atoms with Crippen molar-refractivity contribution in [1.82, 2.24) is 4.90 Å². The number of Topliss-reactive ketones (excluding diaryl/α,β-unsaturated/α-hetero) is 1. The highest BCUT2D eigenvalue weighted by Crippen LogP contribution is 2.40. The Morgan fingerprint density at radius 1 is 1.03 bits per heavy atom. The SMILES string of the molecule is COc1cc2c(cc1OCCCO)N(COCC[Si](C)(C)C)C(=O)C1C(=O)c3ccccc3CN1C2=O. The van der Waals surface area contributed by atoms with Crippen LogP contribution in [-0.2, 0) is 16.1 Å². The number of ether oxygens (including phenoxy) is 3. The van der Waals surface area contributed by atoms with Crippen LogP contribution in [0.5, 0.6) is 11.5 Å². The van der Waals surface area contributed by atoms with E-state index < -0.39 is 31.7 Å². The number of amides is 2. The summed E-state index contributed by atoms with van der Waals surface area (Å²) in [6, 6.07) is 9.78. The summed E-state index contributed by atoms with van der Waals surface area (Å²) in [6.45, 7) is 7.38. The highest BCUT2D eigenvalue weighted by atomic mass is 28.3. The second kappa shape index (κ2) is 11.0. The van der Waals surface area contributed by atoms with E-state index in [2.05, 4.69) is 19.6 Å². The van der Waals surface area contributed by atoms with Gasteiger partial charge in [-0.3, -0.25) is 19.3 Å². The molecular formula is C27H34N2O7Si. The Morgan fingerprint density at radius 2 is 1.78 bits per heavy atom. The van der Waals surface area contributed by atoms with E-state index in [1.54, 1.807) is 30.3 Å². The highest BCUT2D eigenvalue weighted by molar-refractivity contribution is 6.76. The first-order chi connectivity index (χ1) is 17.7. The van der Waals surface area contributed by atoms with Gasteiger partial charge in [-0.15, -0.1) is 0 Å². The second-order valence-corrected chi connectivity index (χ2v) is 16.0. The van der Waals surface area contributed by atoms with Gasteiger partial charge in [0.05, 0.1) is 25.0 Å². The van der Waals surface area contributed by atoms with Crippen LogP contribution in [0.3, 0.4) is 0 Å². The van der Waals surface area contributed by atoms with Gasteiger partial charge < -0.3 is 24.2 Å². The van der Waals surface area contributed by atoms with E-state index in [0.717, 1.165) is 6.04 Å². The molecule has 9 nitrogen and oxygen atoms in total. The summed E-state index contributed by atoms with van der Waals surface area (Å²) in [5.74, 6) is -0.727. The number of anilines is 1. The van der Waals surface area contributed by atoms with Gasteiger partial charge in [-0.25, -0.2) is 0 Å². The lowest BCUT2D eigenvalue weighted by Crippen LogP contribution is -2.55. The molecule has 2 heterocycles. The third-order valence-electron chi connectivity index (χ3n) is 6.52. The number of benzene rings is 2. The first-order valence-corrected chi connectivity index (χ1v) is 16.1. The molecule has 1 atom stereocenters. The number of hydrogen-bond donors (Lipinski definition) is 1. The van der Waals surface area contributed by atoms with Crippen molar-refractivity contribution in [2.75, 3.05) is 38.6 Å². The summed E-state index contributed by atoms with van der Waals surface area (Å²) >= 11 is 0. The average Bonchev–Trinajstić information content (AvgIpc) is 2.94. The van der Waals surface area contributed by atoms with Crippen molar-refractivity contribution in [2.45, 2.75) is 44.7 Å². The van der Waals surface area contributed by atoms with E-state index in [1.165, 1.54) is 16.9 Å². The Hall–Kier alpha value is -3.21. The number of fused-ring (bicyclic) bond motifs is 3. The van der Waals surface area contributed by atoms with Crippen molar-refractivity contribution < 1.29 is 33.7 Å². The molecule has 0 aliphatic carbocycles. The molecule has 0 spiro atoms. The normalized spacial score (nSPS) is 17.2. The van der Waals surface area contributed by atoms with E-state index in [-0.39, 0.29) is 32.1 Å². The Bertz CT molecular complexity index is 1190. The molecule has 1 unspecified atom stereocenters. The molecule has 0 aromatic heterocycles. The molecule has 2 amide bonds. The zero-order valence-corrected chi connectivity index (χ0v) is 22.8. The number of nitrogens with zero attached hydrogens (tertiary/aromatic N) is 2. The van der Waals surface area contributed by atoms with Gasteiger partial charge in [0.2, 0.25) is 0 Å². The summed E-state index contributed by atoms with van der Waals surface area (Å²) in [6.07, 6.45) is 0.407. The molecule has 4 rings (SSSR count). The Labute approximate surface area is 217 Å². The molecule has 0 saturated carbocycles. The molecule has 0 saturated heterocycles. The molecule has 0 fully saturated rings. The predicted molar refractivity (Wildman–Crippen MR) is 141 cm³/mol. The van der Waals surface area contributed by atoms with Gasteiger partial charge in [0.25, 0.3) is 11.8 Å². The Kier molecular flexibility index (Phi) is 8.01. The zero-order valence-electron chi connectivity index (χ0n) is 21.8. The zero-order chi connectivity index (χ0) is 26.7. The maximum Gasteiger partial charge on any atom is 0.259 e. The van der Waals surface area contributed by atoms with Crippen LogP contribution in [0.1, 0.15) is 32.7 Å². The summed E-state index contributed by atoms with van der Waals surface area (Å²) in [7, 11) is 0.0918. The van der Waals surface area contributed by atoms with E-state index in [0.29, 0.717) is 41.3 Å². The van der Waals surface area contributed by atoms with Crippen molar-refractivity contribution in [3.63, 3.8) is 0 Å². The molecule has 2 aromatic rings. The Morgan fingerprint density at radius 3 is 2.49 bits per heavy atom. The van der Waals surface area contributed by atoms with Crippen LogP contribution in [0.2, 0.25) is 25.7 Å². The number of rotatable bonds is 10. The van der Waals surface area contributed by atoms with Gasteiger partial charge >= 0.3 is 0 Å². The monoisotopic (exact) mass is 526 g/mol. The van der Waals surface area contributed by atoms with E-state index in [9.17, 15) is 14.4 Å². The van der Waals surface area contributed by atoms with Crippen molar-refractivity contribution >= 4 is 31.4 Å². The van der Waals surface area contributed by atoms with Crippen molar-refractivity contribution in [1.29, 1.82) is 0 Å². The summed E-state index contributed by atoms with van der Waals surface area (Å²) in [4.78, 5) is 44.0. The van der Waals surface area contributed by atoms with Crippen molar-refractivity contribution in [3.8, 4) is 11.5 Å². The number of carbonyl (C=O) groups is 3. The molecule has 0 radical (unpaired) electrons. The topological polar surface area (TPSA) is 106 Å². The molecule has 198 valence electrons. The molecule has 2 aromatic carbocycles. The number of hydrogen-bond acceptors (Lipinski definition) is 7. The summed E-state index contributed by atoms with van der Waals surface area (Å²) in [5, 5.41) is 9.15. The smallest absolute Gasteiger partial charge is 0.259 e. The molecule has 2 aliphatic rings. The van der Waals surface area contributed by atoms with E-state index >= 15 is 0 Å².